The van der Waals surface area contributed by atoms with Gasteiger partial charge in [0.15, 0.2) is 0 Å². The molecule has 2 rings (SSSR count). The standard InChI is InChI=1S/C31H44N4O10S/c1-21-17-24(43-16-10-13-26(36)32-14-15-33-29(38)44-20-23-11-8-7-9-12-23)18-22(2)27(21)46(40,41)35-25(28(37)42-6)19-34-30(39)45-31(3,4)5/h7-9,11-12,17-18,25,35H,10,13-16,19-20H2,1-6H3,(H,32,36)(H,33,38)(H,34,39). The highest BCUT2D eigenvalue weighted by Crippen LogP contribution is 2.26. The Labute approximate surface area is 269 Å². The van der Waals surface area contributed by atoms with Gasteiger partial charge < -0.3 is 34.9 Å². The Morgan fingerprint density at radius 3 is 2.13 bits per heavy atom. The summed E-state index contributed by atoms with van der Waals surface area (Å²) in [4.78, 5) is 48.2. The van der Waals surface area contributed by atoms with E-state index in [1.165, 1.54) is 12.1 Å². The molecule has 15 heteroatoms. The molecule has 0 radical (unpaired) electrons. The maximum Gasteiger partial charge on any atom is 0.407 e. The fourth-order valence-electron chi connectivity index (χ4n) is 4.13. The fourth-order valence-corrected chi connectivity index (χ4v) is 5.77. The van der Waals surface area contributed by atoms with Gasteiger partial charge in [-0.15, -0.1) is 0 Å². The summed E-state index contributed by atoms with van der Waals surface area (Å²) in [5, 5.41) is 7.64. The van der Waals surface area contributed by atoms with E-state index < -0.39 is 46.4 Å². The topological polar surface area (TPSA) is 187 Å². The van der Waals surface area contributed by atoms with Crippen molar-refractivity contribution in [2.24, 2.45) is 0 Å². The van der Waals surface area contributed by atoms with E-state index in [9.17, 15) is 27.6 Å². The Balaban J connectivity index is 1.81. The van der Waals surface area contributed by atoms with Crippen molar-refractivity contribution in [3.05, 3.63) is 59.2 Å². The third-order valence-corrected chi connectivity index (χ3v) is 7.86. The first-order valence-electron chi connectivity index (χ1n) is 14.6. The molecule has 254 valence electrons. The highest BCUT2D eigenvalue weighted by atomic mass is 32.2. The van der Waals surface area contributed by atoms with Crippen LogP contribution in [0.4, 0.5) is 9.59 Å². The van der Waals surface area contributed by atoms with E-state index in [2.05, 4.69) is 20.7 Å². The predicted molar refractivity (Wildman–Crippen MR) is 169 cm³/mol. The first kappa shape index (κ1) is 37.8. The molecule has 2 aromatic carbocycles. The molecule has 4 N–H and O–H groups in total. The lowest BCUT2D eigenvalue weighted by atomic mass is 10.1. The number of rotatable bonds is 16. The molecule has 0 aliphatic carbocycles. The molecular weight excluding hydrogens is 620 g/mol. The zero-order valence-corrected chi connectivity index (χ0v) is 27.9. The van der Waals surface area contributed by atoms with Crippen LogP contribution in [-0.2, 0) is 40.4 Å². The number of hydrogen-bond donors (Lipinski definition) is 4. The summed E-state index contributed by atoms with van der Waals surface area (Å²) in [6.07, 6.45) is -0.825. The SMILES string of the molecule is COC(=O)C(CNC(=O)OC(C)(C)C)NS(=O)(=O)c1c(C)cc(OCCCC(=O)NCCNC(=O)OCc2ccccc2)cc1C. The van der Waals surface area contributed by atoms with Crippen molar-refractivity contribution in [1.29, 1.82) is 0 Å². The minimum Gasteiger partial charge on any atom is -0.494 e. The van der Waals surface area contributed by atoms with E-state index >= 15 is 0 Å². The Hall–Kier alpha value is -4.37. The predicted octanol–water partition coefficient (Wildman–Crippen LogP) is 2.85. The summed E-state index contributed by atoms with van der Waals surface area (Å²) in [7, 11) is -3.13. The molecule has 0 spiro atoms. The van der Waals surface area contributed by atoms with Gasteiger partial charge >= 0.3 is 18.2 Å². The van der Waals surface area contributed by atoms with Crippen LogP contribution in [0.3, 0.4) is 0 Å². The Bertz CT molecular complexity index is 1420. The van der Waals surface area contributed by atoms with Crippen molar-refractivity contribution in [2.45, 2.75) is 70.6 Å². The smallest absolute Gasteiger partial charge is 0.407 e. The van der Waals surface area contributed by atoms with Crippen LogP contribution in [0, 0.1) is 13.8 Å². The number of carbonyl (C=O) groups is 4. The largest absolute Gasteiger partial charge is 0.494 e. The molecule has 0 fully saturated rings. The average Bonchev–Trinajstić information content (AvgIpc) is 2.97. The van der Waals surface area contributed by atoms with E-state index in [0.29, 0.717) is 23.3 Å². The zero-order valence-electron chi connectivity index (χ0n) is 27.1. The third kappa shape index (κ3) is 13.7. The molecule has 1 atom stereocenters. The molecular formula is C31H44N4O10S. The molecule has 14 nitrogen and oxygen atoms in total. The van der Waals surface area contributed by atoms with E-state index in [4.69, 9.17) is 18.9 Å². The summed E-state index contributed by atoms with van der Waals surface area (Å²) in [5.41, 5.74) is 0.804. The van der Waals surface area contributed by atoms with Crippen molar-refractivity contribution >= 4 is 34.1 Å². The van der Waals surface area contributed by atoms with Gasteiger partial charge in [0, 0.05) is 26.1 Å². The number of ether oxygens (including phenoxy) is 4. The molecule has 0 aliphatic heterocycles. The van der Waals surface area contributed by atoms with Crippen LogP contribution in [0.2, 0.25) is 0 Å². The molecule has 0 saturated carbocycles. The summed E-state index contributed by atoms with van der Waals surface area (Å²) < 4.78 is 49.6. The summed E-state index contributed by atoms with van der Waals surface area (Å²) in [5.74, 6) is -0.704. The maximum absolute atomic E-state index is 13.3. The molecule has 0 heterocycles. The van der Waals surface area contributed by atoms with Crippen LogP contribution < -0.4 is 25.4 Å². The first-order chi connectivity index (χ1) is 21.6. The molecule has 0 aliphatic rings. The second-order valence-electron chi connectivity index (χ2n) is 11.3. The zero-order chi connectivity index (χ0) is 34.3. The number of alkyl carbamates (subject to hydrolysis) is 2. The summed E-state index contributed by atoms with van der Waals surface area (Å²) in [6.45, 7) is 8.56. The highest BCUT2D eigenvalue weighted by Gasteiger charge is 2.30. The monoisotopic (exact) mass is 664 g/mol. The van der Waals surface area contributed by atoms with E-state index in [1.807, 2.05) is 30.3 Å². The van der Waals surface area contributed by atoms with Crippen LogP contribution >= 0.6 is 0 Å². The molecule has 46 heavy (non-hydrogen) atoms. The van der Waals surface area contributed by atoms with Crippen LogP contribution in [0.5, 0.6) is 5.75 Å². The second kappa shape index (κ2) is 17.9. The number of sulfonamides is 1. The van der Waals surface area contributed by atoms with Gasteiger partial charge in [-0.3, -0.25) is 9.59 Å². The molecule has 0 bridgehead atoms. The molecule has 0 aromatic heterocycles. The number of benzene rings is 2. The number of esters is 1. The highest BCUT2D eigenvalue weighted by molar-refractivity contribution is 7.89. The quantitative estimate of drug-likeness (QED) is 0.118. The van der Waals surface area contributed by atoms with E-state index in [-0.39, 0.29) is 43.5 Å². The van der Waals surface area contributed by atoms with Gasteiger partial charge in [0.25, 0.3) is 0 Å². The molecule has 2 aromatic rings. The molecule has 0 saturated heterocycles. The third-order valence-electron chi connectivity index (χ3n) is 6.08. The number of methoxy groups -OCH3 is 1. The van der Waals surface area contributed by atoms with Crippen LogP contribution in [0.1, 0.15) is 50.3 Å². The van der Waals surface area contributed by atoms with Crippen molar-refractivity contribution in [3.8, 4) is 5.75 Å². The second-order valence-corrected chi connectivity index (χ2v) is 12.9. The summed E-state index contributed by atoms with van der Waals surface area (Å²) in [6, 6.07) is 10.9. The normalized spacial score (nSPS) is 12.0. The number of nitrogens with one attached hydrogen (secondary N) is 4. The number of carbonyl (C=O) groups excluding carboxylic acids is 4. The lowest BCUT2D eigenvalue weighted by molar-refractivity contribution is -0.142. The lowest BCUT2D eigenvalue weighted by Gasteiger charge is -2.22. The van der Waals surface area contributed by atoms with Crippen molar-refractivity contribution < 1.29 is 46.5 Å². The molecule has 1 unspecified atom stereocenters. The van der Waals surface area contributed by atoms with Crippen molar-refractivity contribution in [1.82, 2.24) is 20.7 Å². The summed E-state index contributed by atoms with van der Waals surface area (Å²) >= 11 is 0. The van der Waals surface area contributed by atoms with Gasteiger partial charge in [0.1, 0.15) is 24.0 Å². The van der Waals surface area contributed by atoms with Gasteiger partial charge in [-0.1, -0.05) is 30.3 Å². The maximum atomic E-state index is 13.3. The minimum atomic E-state index is -4.23. The number of hydrogen-bond acceptors (Lipinski definition) is 10. The van der Waals surface area contributed by atoms with Gasteiger partial charge in [-0.25, -0.2) is 18.0 Å². The lowest BCUT2D eigenvalue weighted by Crippen LogP contribution is -2.49. The number of amides is 3. The Morgan fingerprint density at radius 2 is 1.52 bits per heavy atom. The van der Waals surface area contributed by atoms with Crippen LogP contribution in [-0.4, -0.2) is 77.5 Å². The van der Waals surface area contributed by atoms with Crippen molar-refractivity contribution in [3.63, 3.8) is 0 Å². The first-order valence-corrected chi connectivity index (χ1v) is 16.1. The fraction of sp³-hybridized carbons (Fsp3) is 0.484. The van der Waals surface area contributed by atoms with Crippen molar-refractivity contribution in [2.75, 3.05) is 33.4 Å². The Morgan fingerprint density at radius 1 is 0.891 bits per heavy atom. The minimum absolute atomic E-state index is 0.0528. The average molecular weight is 665 g/mol. The van der Waals surface area contributed by atoms with Gasteiger partial charge in [0.2, 0.25) is 15.9 Å². The molecule has 3 amide bonds. The van der Waals surface area contributed by atoms with Crippen LogP contribution in [0.25, 0.3) is 0 Å². The van der Waals surface area contributed by atoms with E-state index in [1.54, 1.807) is 34.6 Å². The van der Waals surface area contributed by atoms with Gasteiger partial charge in [-0.2, -0.15) is 4.72 Å². The van der Waals surface area contributed by atoms with Gasteiger partial charge in [-0.05, 0) is 69.9 Å². The van der Waals surface area contributed by atoms with Crippen LogP contribution in [0.15, 0.2) is 47.4 Å². The Kier molecular flexibility index (Phi) is 14.8. The van der Waals surface area contributed by atoms with E-state index in [0.717, 1.165) is 12.7 Å². The van der Waals surface area contributed by atoms with Gasteiger partial charge in [0.05, 0.1) is 18.6 Å². The number of aryl methyl sites for hydroxylation is 2.